The van der Waals surface area contributed by atoms with E-state index in [9.17, 15) is 13.6 Å². The Morgan fingerprint density at radius 2 is 1.61 bits per heavy atom. The Morgan fingerprint density at radius 1 is 0.868 bits per heavy atom. The second-order valence-corrected chi connectivity index (χ2v) is 8.79. The van der Waals surface area contributed by atoms with Crippen molar-refractivity contribution in [2.24, 2.45) is 0 Å². The monoisotopic (exact) mass is 517 g/mol. The van der Waals surface area contributed by atoms with Gasteiger partial charge in [0.2, 0.25) is 0 Å². The van der Waals surface area contributed by atoms with E-state index in [-0.39, 0.29) is 36.7 Å². The molecule has 1 amide bonds. The lowest BCUT2D eigenvalue weighted by molar-refractivity contribution is 0.0764. The van der Waals surface area contributed by atoms with Crippen LogP contribution in [0.15, 0.2) is 60.8 Å². The fourth-order valence-corrected chi connectivity index (χ4v) is 4.60. The van der Waals surface area contributed by atoms with E-state index in [1.54, 1.807) is 62.8 Å². The topological polar surface area (TPSA) is 73.8 Å². The number of carbonyl (C=O) groups excluding carboxylic acids is 1. The van der Waals surface area contributed by atoms with Crippen molar-refractivity contribution < 1.29 is 27.8 Å². The number of amides is 1. The van der Waals surface area contributed by atoms with Gasteiger partial charge in [-0.1, -0.05) is 6.07 Å². The number of aromatic nitrogens is 2. The molecule has 0 unspecified atom stereocenters. The van der Waals surface area contributed by atoms with Crippen molar-refractivity contribution in [3.05, 3.63) is 101 Å². The Morgan fingerprint density at radius 3 is 2.26 bits per heavy atom. The first kappa shape index (κ1) is 25.1. The summed E-state index contributed by atoms with van der Waals surface area (Å²) in [7, 11) is 4.66. The highest BCUT2D eigenvalue weighted by atomic mass is 19.1. The molecule has 2 aromatic heterocycles. The van der Waals surface area contributed by atoms with E-state index >= 15 is 0 Å². The minimum atomic E-state index is -0.727. The Bertz CT molecular complexity index is 1490. The van der Waals surface area contributed by atoms with Gasteiger partial charge in [0, 0.05) is 23.7 Å². The molecule has 0 aliphatic carbocycles. The molecule has 38 heavy (non-hydrogen) atoms. The van der Waals surface area contributed by atoms with Crippen molar-refractivity contribution in [3.8, 4) is 28.5 Å². The predicted octanol–water partition coefficient (Wildman–Crippen LogP) is 5.19. The zero-order valence-corrected chi connectivity index (χ0v) is 21.1. The molecular formula is C29H25F2N3O4. The molecule has 0 atom stereocenters. The molecule has 1 aliphatic heterocycles. The third kappa shape index (κ3) is 4.74. The number of carbonyl (C=O) groups is 1. The number of fused-ring (bicyclic) bond motifs is 1. The van der Waals surface area contributed by atoms with Crippen LogP contribution in [0.3, 0.4) is 0 Å². The number of benzene rings is 2. The third-order valence-corrected chi connectivity index (χ3v) is 6.50. The van der Waals surface area contributed by atoms with Crippen LogP contribution < -0.4 is 14.2 Å². The summed E-state index contributed by atoms with van der Waals surface area (Å²) in [5, 5.41) is 0. The highest BCUT2D eigenvalue weighted by Gasteiger charge is 2.33. The number of nitrogens with zero attached hydrogens (tertiary/aromatic N) is 3. The van der Waals surface area contributed by atoms with Crippen molar-refractivity contribution in [2.45, 2.75) is 19.5 Å². The van der Waals surface area contributed by atoms with E-state index in [2.05, 4.69) is 9.97 Å². The van der Waals surface area contributed by atoms with Crippen molar-refractivity contribution in [2.75, 3.05) is 21.3 Å². The quantitative estimate of drug-likeness (QED) is 0.320. The summed E-state index contributed by atoms with van der Waals surface area (Å²) in [5.41, 5.74) is 2.79. The lowest BCUT2D eigenvalue weighted by atomic mass is 9.98. The molecule has 9 heteroatoms. The molecule has 0 radical (unpaired) electrons. The summed E-state index contributed by atoms with van der Waals surface area (Å²) < 4.78 is 45.4. The lowest BCUT2D eigenvalue weighted by Gasteiger charge is -2.18. The van der Waals surface area contributed by atoms with Gasteiger partial charge in [-0.05, 0) is 48.0 Å². The molecule has 194 valence electrons. The fourth-order valence-electron chi connectivity index (χ4n) is 4.60. The number of rotatable bonds is 8. The number of methoxy groups -OCH3 is 3. The predicted molar refractivity (Wildman–Crippen MR) is 136 cm³/mol. The van der Waals surface area contributed by atoms with Gasteiger partial charge in [-0.2, -0.15) is 0 Å². The van der Waals surface area contributed by atoms with Crippen LogP contribution in [0, 0.1) is 11.6 Å². The van der Waals surface area contributed by atoms with E-state index < -0.39 is 11.6 Å². The first-order chi connectivity index (χ1) is 18.4. The fraction of sp³-hybridized carbons (Fsp3) is 0.207. The van der Waals surface area contributed by atoms with Crippen molar-refractivity contribution >= 4 is 5.91 Å². The Labute approximate surface area is 218 Å². The molecule has 3 heterocycles. The van der Waals surface area contributed by atoms with Gasteiger partial charge in [0.15, 0.2) is 0 Å². The van der Waals surface area contributed by atoms with Crippen molar-refractivity contribution in [3.63, 3.8) is 0 Å². The van der Waals surface area contributed by atoms with Crippen LogP contribution in [0.5, 0.6) is 17.2 Å². The molecule has 0 fully saturated rings. The molecule has 0 bridgehead atoms. The normalized spacial score (nSPS) is 12.4. The van der Waals surface area contributed by atoms with Crippen LogP contribution in [0.2, 0.25) is 0 Å². The SMILES string of the molecule is COc1ccc(Cc2cc(-c3c(F)cccc3F)nc3c2C(=O)N(Cc2ccc(OC)cc2OC)C3)nc1. The molecule has 2 aromatic carbocycles. The largest absolute Gasteiger partial charge is 0.497 e. The van der Waals surface area contributed by atoms with Gasteiger partial charge < -0.3 is 19.1 Å². The van der Waals surface area contributed by atoms with Gasteiger partial charge in [-0.15, -0.1) is 0 Å². The Hall–Kier alpha value is -4.53. The van der Waals surface area contributed by atoms with Crippen molar-refractivity contribution in [1.29, 1.82) is 0 Å². The third-order valence-electron chi connectivity index (χ3n) is 6.50. The van der Waals surface area contributed by atoms with Gasteiger partial charge in [0.25, 0.3) is 5.91 Å². The van der Waals surface area contributed by atoms with Crippen LogP contribution >= 0.6 is 0 Å². The zero-order valence-electron chi connectivity index (χ0n) is 21.1. The molecule has 5 rings (SSSR count). The standard InChI is InChI=1S/C29H25F2N3O4/c1-36-20-9-7-17(26(13-20)38-3)15-34-16-25-27(29(34)35)18(11-19-8-10-21(37-2)14-32-19)12-24(33-25)28-22(30)5-4-6-23(28)31/h4-10,12-14H,11,15-16H2,1-3H3. The molecule has 4 aromatic rings. The number of hydrogen-bond donors (Lipinski definition) is 0. The average Bonchev–Trinajstić information content (AvgIpc) is 3.24. The highest BCUT2D eigenvalue weighted by Crippen LogP contribution is 2.34. The highest BCUT2D eigenvalue weighted by molar-refractivity contribution is 5.99. The van der Waals surface area contributed by atoms with Gasteiger partial charge in [-0.3, -0.25) is 9.78 Å². The minimum absolute atomic E-state index is 0.125. The van der Waals surface area contributed by atoms with E-state index in [1.807, 2.05) is 6.07 Å². The first-order valence-electron chi connectivity index (χ1n) is 11.9. The van der Waals surface area contributed by atoms with Crippen LogP contribution in [0.1, 0.15) is 32.9 Å². The summed E-state index contributed by atoms with van der Waals surface area (Å²) in [6.07, 6.45) is 1.85. The van der Waals surface area contributed by atoms with Gasteiger partial charge >= 0.3 is 0 Å². The number of hydrogen-bond acceptors (Lipinski definition) is 6. The Kier molecular flexibility index (Phi) is 6.91. The number of pyridine rings is 2. The second-order valence-electron chi connectivity index (χ2n) is 8.79. The summed E-state index contributed by atoms with van der Waals surface area (Å²) in [6.45, 7) is 0.433. The smallest absolute Gasteiger partial charge is 0.256 e. The van der Waals surface area contributed by atoms with Crippen LogP contribution in [0.4, 0.5) is 8.78 Å². The van der Waals surface area contributed by atoms with Crippen LogP contribution in [0.25, 0.3) is 11.3 Å². The molecule has 0 spiro atoms. The van der Waals surface area contributed by atoms with Gasteiger partial charge in [0.05, 0.1) is 63.1 Å². The van der Waals surface area contributed by atoms with E-state index in [1.165, 1.54) is 18.2 Å². The van der Waals surface area contributed by atoms with E-state index in [0.29, 0.717) is 39.8 Å². The summed E-state index contributed by atoms with van der Waals surface area (Å²) >= 11 is 0. The first-order valence-corrected chi connectivity index (χ1v) is 11.9. The van der Waals surface area contributed by atoms with Crippen LogP contribution in [-0.2, 0) is 19.5 Å². The van der Waals surface area contributed by atoms with Gasteiger partial charge in [-0.25, -0.2) is 13.8 Å². The number of ether oxygens (including phenoxy) is 3. The number of halogens is 2. The zero-order chi connectivity index (χ0) is 26.8. The minimum Gasteiger partial charge on any atom is -0.497 e. The maximum atomic E-state index is 14.7. The van der Waals surface area contributed by atoms with E-state index in [4.69, 9.17) is 14.2 Å². The van der Waals surface area contributed by atoms with Crippen LogP contribution in [-0.4, -0.2) is 42.1 Å². The molecule has 7 nitrogen and oxygen atoms in total. The molecule has 0 saturated carbocycles. The molecule has 1 aliphatic rings. The molecule has 0 saturated heterocycles. The maximum Gasteiger partial charge on any atom is 0.256 e. The van der Waals surface area contributed by atoms with Gasteiger partial charge in [0.1, 0.15) is 28.9 Å². The van der Waals surface area contributed by atoms with Crippen molar-refractivity contribution in [1.82, 2.24) is 14.9 Å². The summed E-state index contributed by atoms with van der Waals surface area (Å²) in [6, 6.07) is 14.2. The lowest BCUT2D eigenvalue weighted by Crippen LogP contribution is -2.24. The maximum absolute atomic E-state index is 14.7. The molecule has 0 N–H and O–H groups in total. The summed E-state index contributed by atoms with van der Waals surface area (Å²) in [5.74, 6) is 0.130. The second kappa shape index (κ2) is 10.5. The molecular weight excluding hydrogens is 492 g/mol. The Balaban J connectivity index is 1.56. The average molecular weight is 518 g/mol. The summed E-state index contributed by atoms with van der Waals surface area (Å²) in [4.78, 5) is 24.2. The van der Waals surface area contributed by atoms with E-state index in [0.717, 1.165) is 5.56 Å².